The van der Waals surface area contributed by atoms with Crippen LogP contribution in [-0.4, -0.2) is 101 Å². The summed E-state index contributed by atoms with van der Waals surface area (Å²) in [7, 11) is 0. The molecule has 1 aromatic carbocycles. The maximum absolute atomic E-state index is 13.0. The second kappa shape index (κ2) is 15.5. The highest BCUT2D eigenvalue weighted by Gasteiger charge is 2.40. The summed E-state index contributed by atoms with van der Waals surface area (Å²) >= 11 is 1.52. The molecule has 3 atom stereocenters. The van der Waals surface area contributed by atoms with Gasteiger partial charge in [0.1, 0.15) is 5.92 Å². The fourth-order valence-corrected chi connectivity index (χ4v) is 6.52. The van der Waals surface area contributed by atoms with Crippen LogP contribution in [0.2, 0.25) is 0 Å². The lowest BCUT2D eigenvalue weighted by Gasteiger charge is -2.34. The van der Waals surface area contributed by atoms with Crippen molar-refractivity contribution < 1.29 is 19.2 Å². The minimum Gasteiger partial charge on any atom is -0.385 e. The van der Waals surface area contributed by atoms with E-state index in [1.807, 2.05) is 49.9 Å². The molecule has 2 heterocycles. The fraction of sp³-hybridized carbons (Fsp3) is 0.607. The van der Waals surface area contributed by atoms with E-state index in [0.29, 0.717) is 70.8 Å². The first-order valence-corrected chi connectivity index (χ1v) is 15.0. The topological polar surface area (TPSA) is 138 Å². The Hall–Kier alpha value is -3.30. The van der Waals surface area contributed by atoms with Crippen molar-refractivity contribution in [1.29, 1.82) is 5.26 Å². The first kappa shape index (κ1) is 31.2. The van der Waals surface area contributed by atoms with E-state index in [9.17, 15) is 24.4 Å². The lowest BCUT2D eigenvalue weighted by Crippen LogP contribution is -2.50. The van der Waals surface area contributed by atoms with E-state index in [4.69, 9.17) is 0 Å². The quantitative estimate of drug-likeness (QED) is 0.327. The molecule has 3 rings (SSSR count). The first-order chi connectivity index (χ1) is 19.3. The van der Waals surface area contributed by atoms with E-state index < -0.39 is 5.92 Å². The SMILES string of the molecule is CCNC(=O)C(C#N)CC1SC(CCNc2cccc(NC(=O)CN3CCN(C(=O)CC)CC3)c2)C(=O)N1CC. The molecule has 2 fully saturated rings. The summed E-state index contributed by atoms with van der Waals surface area (Å²) in [6, 6.07) is 9.55. The number of benzene rings is 1. The highest BCUT2D eigenvalue weighted by molar-refractivity contribution is 8.01. The molecule has 40 heavy (non-hydrogen) atoms. The highest BCUT2D eigenvalue weighted by Crippen LogP contribution is 2.37. The van der Waals surface area contributed by atoms with Gasteiger partial charge in [0.2, 0.25) is 23.6 Å². The molecule has 0 aromatic heterocycles. The van der Waals surface area contributed by atoms with Crippen molar-refractivity contribution in [3.05, 3.63) is 24.3 Å². The Morgan fingerprint density at radius 3 is 2.50 bits per heavy atom. The molecule has 3 N–H and O–H groups in total. The fourth-order valence-electron chi connectivity index (χ4n) is 4.94. The number of hydrogen-bond donors (Lipinski definition) is 3. The van der Waals surface area contributed by atoms with Gasteiger partial charge in [-0.3, -0.25) is 24.1 Å². The van der Waals surface area contributed by atoms with Crippen LogP contribution >= 0.6 is 11.8 Å². The molecule has 2 aliphatic rings. The number of carbonyl (C=O) groups excluding carboxylic acids is 4. The van der Waals surface area contributed by atoms with Gasteiger partial charge in [-0.05, 0) is 38.5 Å². The minimum absolute atomic E-state index is 0.0350. The maximum Gasteiger partial charge on any atom is 0.238 e. The number of nitrogens with zero attached hydrogens (tertiary/aromatic N) is 4. The van der Waals surface area contributed by atoms with E-state index in [1.54, 1.807) is 4.90 Å². The van der Waals surface area contributed by atoms with Crippen molar-refractivity contribution in [2.24, 2.45) is 5.92 Å². The second-order valence-electron chi connectivity index (χ2n) is 9.87. The number of carbonyl (C=O) groups is 4. The Balaban J connectivity index is 1.45. The average Bonchev–Trinajstić information content (AvgIpc) is 3.25. The maximum atomic E-state index is 13.0. The standard InChI is InChI=1S/C28H41N7O4S/c1-4-25(37)34-14-12-33(13-15-34)19-24(36)32-22-9-7-8-21(17-22)31-11-10-23-28(39)35(6-3)26(40-23)16-20(18-29)27(38)30-5-2/h7-9,17,20,23,26,31H,4-6,10-16,19H2,1-3H3,(H,30,38)(H,32,36). The monoisotopic (exact) mass is 571 g/mol. The summed E-state index contributed by atoms with van der Waals surface area (Å²) in [5, 5.41) is 18.0. The van der Waals surface area contributed by atoms with Crippen LogP contribution in [0.4, 0.5) is 11.4 Å². The molecular weight excluding hydrogens is 530 g/mol. The predicted molar refractivity (Wildman–Crippen MR) is 156 cm³/mol. The molecule has 0 saturated carbocycles. The summed E-state index contributed by atoms with van der Waals surface area (Å²) in [6.45, 7) is 10.0. The molecule has 2 aliphatic heterocycles. The highest BCUT2D eigenvalue weighted by atomic mass is 32.2. The van der Waals surface area contributed by atoms with Gasteiger partial charge < -0.3 is 25.8 Å². The molecule has 1 aromatic rings. The molecule has 0 radical (unpaired) electrons. The Morgan fingerprint density at radius 2 is 1.85 bits per heavy atom. The van der Waals surface area contributed by atoms with Crippen LogP contribution in [0.25, 0.3) is 0 Å². The van der Waals surface area contributed by atoms with Crippen LogP contribution in [0.1, 0.15) is 40.0 Å². The van der Waals surface area contributed by atoms with Gasteiger partial charge in [-0.1, -0.05) is 13.0 Å². The number of nitriles is 1. The number of amides is 4. The molecule has 2 saturated heterocycles. The number of thioether (sulfide) groups is 1. The number of piperazine rings is 1. The predicted octanol–water partition coefficient (Wildman–Crippen LogP) is 1.94. The Labute approximate surface area is 241 Å². The van der Waals surface area contributed by atoms with Crippen molar-refractivity contribution in [3.8, 4) is 6.07 Å². The van der Waals surface area contributed by atoms with Crippen LogP contribution in [0.3, 0.4) is 0 Å². The van der Waals surface area contributed by atoms with E-state index >= 15 is 0 Å². The zero-order valence-corrected chi connectivity index (χ0v) is 24.5. The molecular formula is C28H41N7O4S. The molecule has 0 aliphatic carbocycles. The van der Waals surface area contributed by atoms with E-state index in [1.165, 1.54) is 11.8 Å². The van der Waals surface area contributed by atoms with Gasteiger partial charge in [-0.25, -0.2) is 0 Å². The van der Waals surface area contributed by atoms with E-state index in [0.717, 1.165) is 5.69 Å². The lowest BCUT2D eigenvalue weighted by atomic mass is 10.1. The van der Waals surface area contributed by atoms with Crippen molar-refractivity contribution >= 4 is 46.8 Å². The van der Waals surface area contributed by atoms with Gasteiger partial charge in [0.05, 0.1) is 23.2 Å². The number of anilines is 2. The molecule has 11 nitrogen and oxygen atoms in total. The third-order valence-corrected chi connectivity index (χ3v) is 8.63. The number of hydrogen-bond acceptors (Lipinski definition) is 8. The normalized spacial score (nSPS) is 20.1. The van der Waals surface area contributed by atoms with Gasteiger partial charge in [0.15, 0.2) is 0 Å². The molecule has 0 bridgehead atoms. The lowest BCUT2D eigenvalue weighted by molar-refractivity contribution is -0.133. The van der Waals surface area contributed by atoms with Gasteiger partial charge in [0, 0.05) is 70.0 Å². The van der Waals surface area contributed by atoms with E-state index in [-0.39, 0.29) is 40.8 Å². The Bertz CT molecular complexity index is 1090. The van der Waals surface area contributed by atoms with Gasteiger partial charge >= 0.3 is 0 Å². The molecule has 12 heteroatoms. The number of nitrogens with one attached hydrogen (secondary N) is 3. The summed E-state index contributed by atoms with van der Waals surface area (Å²) in [4.78, 5) is 55.3. The van der Waals surface area contributed by atoms with Crippen LogP contribution in [0.15, 0.2) is 24.3 Å². The summed E-state index contributed by atoms with van der Waals surface area (Å²) in [6.07, 6.45) is 1.41. The second-order valence-corrected chi connectivity index (χ2v) is 11.3. The van der Waals surface area contributed by atoms with Gasteiger partial charge in [-0.15, -0.1) is 11.8 Å². The zero-order chi connectivity index (χ0) is 29.1. The zero-order valence-electron chi connectivity index (χ0n) is 23.6. The molecule has 4 amide bonds. The summed E-state index contributed by atoms with van der Waals surface area (Å²) < 4.78 is 0. The Kier molecular flexibility index (Phi) is 12.1. The van der Waals surface area contributed by atoms with E-state index in [2.05, 4.69) is 26.9 Å². The third kappa shape index (κ3) is 8.60. The largest absolute Gasteiger partial charge is 0.385 e. The minimum atomic E-state index is -0.788. The Morgan fingerprint density at radius 1 is 1.12 bits per heavy atom. The molecule has 0 spiro atoms. The van der Waals surface area contributed by atoms with Crippen molar-refractivity contribution in [2.75, 3.05) is 63.0 Å². The van der Waals surface area contributed by atoms with Crippen molar-refractivity contribution in [1.82, 2.24) is 20.0 Å². The van der Waals surface area contributed by atoms with Crippen LogP contribution in [0.5, 0.6) is 0 Å². The van der Waals surface area contributed by atoms with Gasteiger partial charge in [-0.2, -0.15) is 5.26 Å². The van der Waals surface area contributed by atoms with Crippen molar-refractivity contribution in [2.45, 2.75) is 50.7 Å². The number of rotatable bonds is 13. The smallest absolute Gasteiger partial charge is 0.238 e. The van der Waals surface area contributed by atoms with Crippen LogP contribution in [0, 0.1) is 17.2 Å². The molecule has 3 unspecified atom stereocenters. The summed E-state index contributed by atoms with van der Waals surface area (Å²) in [5.41, 5.74) is 1.52. The van der Waals surface area contributed by atoms with Crippen LogP contribution in [-0.2, 0) is 19.2 Å². The van der Waals surface area contributed by atoms with Crippen molar-refractivity contribution in [3.63, 3.8) is 0 Å². The van der Waals surface area contributed by atoms with Crippen LogP contribution < -0.4 is 16.0 Å². The summed E-state index contributed by atoms with van der Waals surface area (Å²) in [5.74, 6) is -1.00. The first-order valence-electron chi connectivity index (χ1n) is 14.1. The van der Waals surface area contributed by atoms with Gasteiger partial charge in [0.25, 0.3) is 0 Å². The average molecular weight is 572 g/mol. The third-order valence-electron chi connectivity index (χ3n) is 7.11. The molecule has 218 valence electrons.